The fourth-order valence-electron chi connectivity index (χ4n) is 1.89. The van der Waals surface area contributed by atoms with Crippen molar-refractivity contribution in [3.63, 3.8) is 0 Å². The molecule has 0 atom stereocenters. The Kier molecular flexibility index (Phi) is 3.94. The fraction of sp³-hybridized carbons (Fsp3) is 0.286. The zero-order valence-corrected chi connectivity index (χ0v) is 11.4. The van der Waals surface area contributed by atoms with E-state index in [1.165, 1.54) is 0 Å². The Bertz CT molecular complexity index is 536. The van der Waals surface area contributed by atoms with Crippen LogP contribution in [0, 0.1) is 6.92 Å². The van der Waals surface area contributed by atoms with E-state index in [-0.39, 0.29) is 0 Å². The third-order valence-electron chi connectivity index (χ3n) is 2.77. The van der Waals surface area contributed by atoms with Gasteiger partial charge in [0.1, 0.15) is 11.5 Å². The highest BCUT2D eigenvalue weighted by Gasteiger charge is 2.07. The molecule has 0 aliphatic carbocycles. The van der Waals surface area contributed by atoms with Crippen LogP contribution < -0.4 is 5.73 Å². The number of nitrogens with zero attached hydrogens (tertiary/aromatic N) is 1. The lowest BCUT2D eigenvalue weighted by Gasteiger charge is -2.16. The van der Waals surface area contributed by atoms with Gasteiger partial charge in [0.2, 0.25) is 0 Å². The molecular weight excluding hydrogens is 248 g/mol. The highest BCUT2D eigenvalue weighted by molar-refractivity contribution is 6.30. The summed E-state index contributed by atoms with van der Waals surface area (Å²) in [5, 5.41) is 0.710. The molecule has 0 aliphatic heterocycles. The lowest BCUT2D eigenvalue weighted by molar-refractivity contribution is 0.285. The van der Waals surface area contributed by atoms with Gasteiger partial charge in [0.25, 0.3) is 0 Å². The van der Waals surface area contributed by atoms with E-state index in [4.69, 9.17) is 21.8 Å². The van der Waals surface area contributed by atoms with Crippen LogP contribution in [0.4, 0.5) is 5.69 Å². The molecule has 1 heterocycles. The first kappa shape index (κ1) is 13.0. The van der Waals surface area contributed by atoms with Crippen molar-refractivity contribution in [2.75, 3.05) is 12.8 Å². The number of anilines is 1. The number of nitrogens with two attached hydrogens (primary N) is 1. The Morgan fingerprint density at radius 3 is 2.67 bits per heavy atom. The highest BCUT2D eigenvalue weighted by atomic mass is 35.5. The summed E-state index contributed by atoms with van der Waals surface area (Å²) >= 11 is 5.97. The van der Waals surface area contributed by atoms with Gasteiger partial charge in [0, 0.05) is 17.3 Å². The zero-order chi connectivity index (χ0) is 13.1. The van der Waals surface area contributed by atoms with Gasteiger partial charge in [0.05, 0.1) is 6.54 Å². The van der Waals surface area contributed by atoms with E-state index in [2.05, 4.69) is 4.90 Å². The number of hydrogen-bond donors (Lipinski definition) is 1. The molecule has 0 spiro atoms. The molecule has 2 aromatic rings. The number of hydrogen-bond acceptors (Lipinski definition) is 3. The van der Waals surface area contributed by atoms with E-state index >= 15 is 0 Å². The van der Waals surface area contributed by atoms with Crippen LogP contribution in [-0.2, 0) is 13.1 Å². The van der Waals surface area contributed by atoms with E-state index in [1.807, 2.05) is 38.2 Å². The van der Waals surface area contributed by atoms with Crippen LogP contribution in [0.3, 0.4) is 0 Å². The van der Waals surface area contributed by atoms with Crippen LogP contribution in [0.1, 0.15) is 17.1 Å². The molecule has 1 aromatic heterocycles. The van der Waals surface area contributed by atoms with Crippen molar-refractivity contribution in [3.8, 4) is 0 Å². The molecular formula is C14H17ClN2O. The van der Waals surface area contributed by atoms with E-state index in [1.54, 1.807) is 6.07 Å². The Labute approximate surface area is 112 Å². The van der Waals surface area contributed by atoms with Gasteiger partial charge in [-0.3, -0.25) is 4.90 Å². The molecule has 0 aliphatic rings. The van der Waals surface area contributed by atoms with Crippen molar-refractivity contribution in [1.29, 1.82) is 0 Å². The molecule has 0 radical (unpaired) electrons. The maximum Gasteiger partial charge on any atom is 0.118 e. The summed E-state index contributed by atoms with van der Waals surface area (Å²) in [7, 11) is 2.03. The monoisotopic (exact) mass is 264 g/mol. The topological polar surface area (TPSA) is 42.4 Å². The number of benzene rings is 1. The van der Waals surface area contributed by atoms with Gasteiger partial charge in [-0.05, 0) is 49.9 Å². The van der Waals surface area contributed by atoms with E-state index in [0.717, 1.165) is 35.9 Å². The van der Waals surface area contributed by atoms with E-state index in [0.29, 0.717) is 5.02 Å². The first-order valence-electron chi connectivity index (χ1n) is 5.82. The quantitative estimate of drug-likeness (QED) is 0.860. The normalized spacial score (nSPS) is 11.1. The average molecular weight is 265 g/mol. The van der Waals surface area contributed by atoms with Gasteiger partial charge in [0.15, 0.2) is 0 Å². The number of furan rings is 1. The van der Waals surface area contributed by atoms with Crippen molar-refractivity contribution in [3.05, 3.63) is 52.4 Å². The number of aryl methyl sites for hydroxylation is 1. The first-order valence-corrected chi connectivity index (χ1v) is 6.20. The maximum absolute atomic E-state index is 5.97. The molecule has 0 saturated carbocycles. The zero-order valence-electron chi connectivity index (χ0n) is 10.6. The van der Waals surface area contributed by atoms with Gasteiger partial charge < -0.3 is 10.2 Å². The van der Waals surface area contributed by atoms with Crippen LogP contribution in [0.15, 0.2) is 34.7 Å². The summed E-state index contributed by atoms with van der Waals surface area (Å²) in [4.78, 5) is 2.14. The average Bonchev–Trinajstić information content (AvgIpc) is 2.69. The van der Waals surface area contributed by atoms with Crippen molar-refractivity contribution in [2.45, 2.75) is 20.0 Å². The lowest BCUT2D eigenvalue weighted by Crippen LogP contribution is -2.17. The third-order valence-corrected chi connectivity index (χ3v) is 3.00. The summed E-state index contributed by atoms with van der Waals surface area (Å²) in [6, 6.07) is 9.50. The minimum atomic E-state index is 0.710. The standard InChI is InChI=1S/C14H17ClN2O/c1-10-3-5-13(18-10)9-17(2)8-11-7-12(15)4-6-14(11)16/h3-7H,8-9,16H2,1-2H3. The van der Waals surface area contributed by atoms with Gasteiger partial charge in [-0.1, -0.05) is 11.6 Å². The Balaban J connectivity index is 2.02. The van der Waals surface area contributed by atoms with Crippen molar-refractivity contribution in [2.24, 2.45) is 0 Å². The molecule has 2 N–H and O–H groups in total. The number of rotatable bonds is 4. The molecule has 2 rings (SSSR count). The molecule has 96 valence electrons. The largest absolute Gasteiger partial charge is 0.465 e. The Morgan fingerprint density at radius 2 is 2.00 bits per heavy atom. The number of halogens is 1. The molecule has 0 unspecified atom stereocenters. The van der Waals surface area contributed by atoms with Gasteiger partial charge in [-0.15, -0.1) is 0 Å². The molecule has 3 nitrogen and oxygen atoms in total. The van der Waals surface area contributed by atoms with Crippen LogP contribution in [0.2, 0.25) is 5.02 Å². The summed E-state index contributed by atoms with van der Waals surface area (Å²) in [6.45, 7) is 3.43. The maximum atomic E-state index is 5.97. The van der Waals surface area contributed by atoms with Crippen molar-refractivity contribution in [1.82, 2.24) is 4.90 Å². The van der Waals surface area contributed by atoms with E-state index < -0.39 is 0 Å². The molecule has 18 heavy (non-hydrogen) atoms. The highest BCUT2D eigenvalue weighted by Crippen LogP contribution is 2.20. The molecule has 0 fully saturated rings. The second-order valence-corrected chi connectivity index (χ2v) is 4.96. The van der Waals surface area contributed by atoms with Gasteiger partial charge in [-0.2, -0.15) is 0 Å². The Morgan fingerprint density at radius 1 is 1.22 bits per heavy atom. The van der Waals surface area contributed by atoms with Crippen LogP contribution in [0.5, 0.6) is 0 Å². The smallest absolute Gasteiger partial charge is 0.118 e. The molecule has 0 saturated heterocycles. The second kappa shape index (κ2) is 5.46. The van der Waals surface area contributed by atoms with Crippen molar-refractivity contribution < 1.29 is 4.42 Å². The second-order valence-electron chi connectivity index (χ2n) is 4.53. The van der Waals surface area contributed by atoms with Crippen LogP contribution in [0.25, 0.3) is 0 Å². The van der Waals surface area contributed by atoms with Crippen LogP contribution in [-0.4, -0.2) is 11.9 Å². The predicted molar refractivity (Wildman–Crippen MR) is 74.5 cm³/mol. The predicted octanol–water partition coefficient (Wildman–Crippen LogP) is 3.46. The first-order chi connectivity index (χ1) is 8.54. The molecule has 1 aromatic carbocycles. The number of nitrogen functional groups attached to an aromatic ring is 1. The summed E-state index contributed by atoms with van der Waals surface area (Å²) in [6.07, 6.45) is 0. The molecule has 4 heteroatoms. The van der Waals surface area contributed by atoms with Gasteiger partial charge in [-0.25, -0.2) is 0 Å². The minimum Gasteiger partial charge on any atom is -0.465 e. The summed E-state index contributed by atoms with van der Waals surface area (Å²) < 4.78 is 5.55. The summed E-state index contributed by atoms with van der Waals surface area (Å²) in [5.74, 6) is 1.89. The summed E-state index contributed by atoms with van der Waals surface area (Å²) in [5.41, 5.74) is 7.73. The van der Waals surface area contributed by atoms with E-state index in [9.17, 15) is 0 Å². The lowest BCUT2D eigenvalue weighted by atomic mass is 10.1. The Hall–Kier alpha value is -1.45. The minimum absolute atomic E-state index is 0.710. The third kappa shape index (κ3) is 3.28. The van der Waals surface area contributed by atoms with Crippen molar-refractivity contribution >= 4 is 17.3 Å². The SMILES string of the molecule is Cc1ccc(CN(C)Cc2cc(Cl)ccc2N)o1. The van der Waals surface area contributed by atoms with Gasteiger partial charge >= 0.3 is 0 Å². The molecule has 0 bridgehead atoms. The fourth-order valence-corrected chi connectivity index (χ4v) is 2.09. The van der Waals surface area contributed by atoms with Crippen LogP contribution >= 0.6 is 11.6 Å². The molecule has 0 amide bonds.